The molecule has 1 aromatic heterocycles. The summed E-state index contributed by atoms with van der Waals surface area (Å²) in [6, 6.07) is 2.71. The Bertz CT molecular complexity index is 458. The molecule has 0 radical (unpaired) electrons. The molecule has 0 saturated carbocycles. The molecule has 98 valence electrons. The highest BCUT2D eigenvalue weighted by molar-refractivity contribution is 7.17. The Morgan fingerprint density at radius 1 is 1.44 bits per heavy atom. The highest BCUT2D eigenvalue weighted by Crippen LogP contribution is 2.23. The molecule has 0 bridgehead atoms. The number of carbonyl (C=O) groups excluding carboxylic acids is 2. The van der Waals surface area contributed by atoms with E-state index in [0.29, 0.717) is 24.3 Å². The maximum absolute atomic E-state index is 11.6. The molecule has 0 unspecified atom stereocenters. The topological polar surface area (TPSA) is 101 Å². The molecule has 0 spiro atoms. The number of rotatable bonds is 6. The van der Waals surface area contributed by atoms with Crippen LogP contribution in [0.4, 0.5) is 5.00 Å². The Morgan fingerprint density at radius 2 is 2.17 bits per heavy atom. The molecular formula is C10H13N3O4S. The van der Waals surface area contributed by atoms with E-state index in [0.717, 1.165) is 11.3 Å². The average Bonchev–Trinajstić information content (AvgIpc) is 2.83. The van der Waals surface area contributed by atoms with E-state index in [1.807, 2.05) is 0 Å². The minimum Gasteiger partial charge on any atom is -0.359 e. The van der Waals surface area contributed by atoms with Crippen LogP contribution in [0.3, 0.4) is 0 Å². The van der Waals surface area contributed by atoms with Crippen molar-refractivity contribution in [3.8, 4) is 0 Å². The van der Waals surface area contributed by atoms with Crippen LogP contribution in [-0.2, 0) is 4.79 Å². The highest BCUT2D eigenvalue weighted by Gasteiger charge is 2.14. The maximum atomic E-state index is 11.6. The summed E-state index contributed by atoms with van der Waals surface area (Å²) in [4.78, 5) is 32.7. The van der Waals surface area contributed by atoms with Gasteiger partial charge in [0, 0.05) is 26.1 Å². The predicted octanol–water partition coefficient (Wildman–Crippen LogP) is 0.912. The predicted molar refractivity (Wildman–Crippen MR) is 66.6 cm³/mol. The van der Waals surface area contributed by atoms with E-state index < -0.39 is 4.92 Å². The van der Waals surface area contributed by atoms with Crippen molar-refractivity contribution >= 4 is 28.2 Å². The Kier molecular flexibility index (Phi) is 5.25. The number of thiophene rings is 1. The summed E-state index contributed by atoms with van der Waals surface area (Å²) in [5, 5.41) is 15.5. The van der Waals surface area contributed by atoms with Gasteiger partial charge in [-0.25, -0.2) is 0 Å². The third kappa shape index (κ3) is 4.13. The molecule has 7 nitrogen and oxygen atoms in total. The van der Waals surface area contributed by atoms with Crippen molar-refractivity contribution in [3.05, 3.63) is 27.1 Å². The SMILES string of the molecule is CNC(=O)CCCNC(=O)c1ccc([N+](=O)[O-])s1. The van der Waals surface area contributed by atoms with Gasteiger partial charge in [-0.3, -0.25) is 19.7 Å². The van der Waals surface area contributed by atoms with Gasteiger partial charge in [0.25, 0.3) is 5.91 Å². The van der Waals surface area contributed by atoms with Gasteiger partial charge in [-0.05, 0) is 12.5 Å². The van der Waals surface area contributed by atoms with E-state index in [2.05, 4.69) is 10.6 Å². The molecule has 0 fully saturated rings. The third-order valence-electron chi connectivity index (χ3n) is 2.14. The summed E-state index contributed by atoms with van der Waals surface area (Å²) in [7, 11) is 1.55. The van der Waals surface area contributed by atoms with Crippen molar-refractivity contribution in [1.82, 2.24) is 10.6 Å². The van der Waals surface area contributed by atoms with Crippen LogP contribution in [0, 0.1) is 10.1 Å². The summed E-state index contributed by atoms with van der Waals surface area (Å²) in [6.07, 6.45) is 0.861. The molecule has 0 atom stereocenters. The van der Waals surface area contributed by atoms with Crippen molar-refractivity contribution in [1.29, 1.82) is 0 Å². The molecule has 1 heterocycles. The summed E-state index contributed by atoms with van der Waals surface area (Å²) in [5.74, 6) is -0.444. The lowest BCUT2D eigenvalue weighted by Gasteiger charge is -2.02. The second kappa shape index (κ2) is 6.70. The van der Waals surface area contributed by atoms with Crippen LogP contribution in [0.5, 0.6) is 0 Å². The Hall–Kier alpha value is -1.96. The molecule has 0 saturated heterocycles. The summed E-state index contributed by atoms with van der Waals surface area (Å²) in [5.41, 5.74) is 0. The van der Waals surface area contributed by atoms with E-state index in [1.54, 1.807) is 7.05 Å². The number of hydrogen-bond donors (Lipinski definition) is 2. The van der Waals surface area contributed by atoms with Crippen LogP contribution < -0.4 is 10.6 Å². The molecule has 2 amide bonds. The van der Waals surface area contributed by atoms with Crippen LogP contribution in [0.1, 0.15) is 22.5 Å². The molecule has 0 aliphatic rings. The zero-order valence-electron chi connectivity index (χ0n) is 9.76. The fourth-order valence-electron chi connectivity index (χ4n) is 1.21. The van der Waals surface area contributed by atoms with Gasteiger partial charge in [-0.1, -0.05) is 11.3 Å². The molecule has 0 aliphatic carbocycles. The Balaban J connectivity index is 2.36. The molecule has 0 aliphatic heterocycles. The normalized spacial score (nSPS) is 9.83. The van der Waals surface area contributed by atoms with Crippen molar-refractivity contribution in [2.45, 2.75) is 12.8 Å². The fraction of sp³-hybridized carbons (Fsp3) is 0.400. The fourth-order valence-corrected chi connectivity index (χ4v) is 1.95. The molecule has 18 heavy (non-hydrogen) atoms. The second-order valence-electron chi connectivity index (χ2n) is 3.43. The van der Waals surface area contributed by atoms with Crippen LogP contribution in [-0.4, -0.2) is 30.3 Å². The minimum atomic E-state index is -0.535. The molecule has 2 N–H and O–H groups in total. The Labute approximate surface area is 107 Å². The number of nitrogens with zero attached hydrogens (tertiary/aromatic N) is 1. The van der Waals surface area contributed by atoms with E-state index in [4.69, 9.17) is 0 Å². The van der Waals surface area contributed by atoms with E-state index >= 15 is 0 Å². The van der Waals surface area contributed by atoms with Gasteiger partial charge in [-0.15, -0.1) is 0 Å². The van der Waals surface area contributed by atoms with Gasteiger partial charge in [-0.2, -0.15) is 0 Å². The monoisotopic (exact) mass is 271 g/mol. The quantitative estimate of drug-likeness (QED) is 0.456. The van der Waals surface area contributed by atoms with Gasteiger partial charge in [0.2, 0.25) is 5.91 Å². The summed E-state index contributed by atoms with van der Waals surface area (Å²) < 4.78 is 0. The first kappa shape index (κ1) is 14.1. The van der Waals surface area contributed by atoms with Crippen molar-refractivity contribution in [2.24, 2.45) is 0 Å². The average molecular weight is 271 g/mol. The zero-order chi connectivity index (χ0) is 13.5. The van der Waals surface area contributed by atoms with Crippen molar-refractivity contribution in [3.63, 3.8) is 0 Å². The van der Waals surface area contributed by atoms with Crippen LogP contribution in [0.2, 0.25) is 0 Å². The first-order valence-electron chi connectivity index (χ1n) is 5.27. The Morgan fingerprint density at radius 3 is 2.72 bits per heavy atom. The summed E-state index contributed by atoms with van der Waals surface area (Å²) >= 11 is 0.828. The number of nitrogens with one attached hydrogen (secondary N) is 2. The van der Waals surface area contributed by atoms with Gasteiger partial charge in [0.1, 0.15) is 0 Å². The maximum Gasteiger partial charge on any atom is 0.324 e. The van der Waals surface area contributed by atoms with Gasteiger partial charge in [0.15, 0.2) is 0 Å². The van der Waals surface area contributed by atoms with Gasteiger partial charge < -0.3 is 10.6 Å². The first-order valence-corrected chi connectivity index (χ1v) is 6.09. The highest BCUT2D eigenvalue weighted by atomic mass is 32.1. The molecular weight excluding hydrogens is 258 g/mol. The van der Waals surface area contributed by atoms with E-state index in [1.165, 1.54) is 12.1 Å². The van der Waals surface area contributed by atoms with Gasteiger partial charge >= 0.3 is 5.00 Å². The van der Waals surface area contributed by atoms with E-state index in [9.17, 15) is 19.7 Å². The van der Waals surface area contributed by atoms with Crippen molar-refractivity contribution < 1.29 is 14.5 Å². The van der Waals surface area contributed by atoms with Crippen LogP contribution in [0.25, 0.3) is 0 Å². The zero-order valence-corrected chi connectivity index (χ0v) is 10.6. The molecule has 1 rings (SSSR count). The van der Waals surface area contributed by atoms with Crippen molar-refractivity contribution in [2.75, 3.05) is 13.6 Å². The lowest BCUT2D eigenvalue weighted by Crippen LogP contribution is -2.25. The number of hydrogen-bond acceptors (Lipinski definition) is 5. The first-order chi connectivity index (χ1) is 8.54. The molecule has 0 aromatic carbocycles. The lowest BCUT2D eigenvalue weighted by molar-refractivity contribution is -0.380. The minimum absolute atomic E-state index is 0.0643. The number of nitro groups is 1. The molecule has 1 aromatic rings. The second-order valence-corrected chi connectivity index (χ2v) is 4.49. The smallest absolute Gasteiger partial charge is 0.324 e. The molecule has 8 heteroatoms. The standard InChI is InChI=1S/C10H13N3O4S/c1-11-8(14)3-2-6-12-10(15)7-4-5-9(18-7)13(16)17/h4-5H,2-3,6H2,1H3,(H,11,14)(H,12,15). The number of carbonyl (C=O) groups is 2. The van der Waals surface area contributed by atoms with Gasteiger partial charge in [0.05, 0.1) is 9.80 Å². The lowest BCUT2D eigenvalue weighted by atomic mass is 10.3. The van der Waals surface area contributed by atoms with Crippen LogP contribution >= 0.6 is 11.3 Å². The van der Waals surface area contributed by atoms with E-state index in [-0.39, 0.29) is 16.8 Å². The third-order valence-corrected chi connectivity index (χ3v) is 3.18. The summed E-state index contributed by atoms with van der Waals surface area (Å²) in [6.45, 7) is 0.359. The number of amides is 2. The van der Waals surface area contributed by atoms with Crippen LogP contribution in [0.15, 0.2) is 12.1 Å². The largest absolute Gasteiger partial charge is 0.359 e.